The molecule has 0 aliphatic rings. The Kier molecular flexibility index (Phi) is 5.32. The summed E-state index contributed by atoms with van der Waals surface area (Å²) in [6.07, 6.45) is 7.14. The minimum absolute atomic E-state index is 0.115. The quantitative estimate of drug-likeness (QED) is 0.713. The van der Waals surface area contributed by atoms with E-state index >= 15 is 0 Å². The van der Waals surface area contributed by atoms with E-state index in [1.165, 1.54) is 6.42 Å². The molecule has 0 aliphatic carbocycles. The molecule has 0 aromatic carbocycles. The van der Waals surface area contributed by atoms with E-state index in [9.17, 15) is 4.79 Å². The van der Waals surface area contributed by atoms with Crippen molar-refractivity contribution >= 4 is 0 Å². The van der Waals surface area contributed by atoms with Crippen LogP contribution in [0.2, 0.25) is 0 Å². The van der Waals surface area contributed by atoms with Crippen LogP contribution in [0, 0.1) is 0 Å². The maximum Gasteiger partial charge on any atom is 0.328 e. The van der Waals surface area contributed by atoms with Crippen molar-refractivity contribution in [3.8, 4) is 0 Å². The van der Waals surface area contributed by atoms with Crippen molar-refractivity contribution in [3.63, 3.8) is 0 Å². The molecule has 0 aliphatic heterocycles. The van der Waals surface area contributed by atoms with Gasteiger partial charge in [-0.25, -0.2) is 4.79 Å². The number of nitrogens with zero attached hydrogens (tertiary/aromatic N) is 2. The largest absolute Gasteiger partial charge is 0.328 e. The van der Waals surface area contributed by atoms with Crippen molar-refractivity contribution < 1.29 is 0 Å². The standard InChI is InChI=1S/C12H23N3O/c1-4-14-9-10-15(12(14)16)8-6-5-7-11(2)13-3/h9-11,13H,4-8H2,1-3H3. The van der Waals surface area contributed by atoms with Crippen LogP contribution in [-0.2, 0) is 13.1 Å². The molecule has 0 saturated carbocycles. The first-order chi connectivity index (χ1) is 7.69. The van der Waals surface area contributed by atoms with E-state index < -0.39 is 0 Å². The Balaban J connectivity index is 2.32. The van der Waals surface area contributed by atoms with Gasteiger partial charge in [0.05, 0.1) is 0 Å². The Bertz CT molecular complexity index is 353. The highest BCUT2D eigenvalue weighted by Crippen LogP contribution is 2.01. The molecule has 4 nitrogen and oxygen atoms in total. The zero-order valence-electron chi connectivity index (χ0n) is 10.6. The van der Waals surface area contributed by atoms with Gasteiger partial charge in [0, 0.05) is 31.5 Å². The third-order valence-corrected chi connectivity index (χ3v) is 3.04. The molecule has 92 valence electrons. The molecule has 1 rings (SSSR count). The summed E-state index contributed by atoms with van der Waals surface area (Å²) in [5.74, 6) is 0. The normalized spacial score (nSPS) is 12.9. The van der Waals surface area contributed by atoms with Crippen molar-refractivity contribution in [1.82, 2.24) is 14.5 Å². The molecule has 1 aromatic heterocycles. The highest BCUT2D eigenvalue weighted by Gasteiger charge is 2.02. The summed E-state index contributed by atoms with van der Waals surface area (Å²) in [4.78, 5) is 11.7. The molecule has 4 heteroatoms. The first-order valence-corrected chi connectivity index (χ1v) is 6.11. The summed E-state index contributed by atoms with van der Waals surface area (Å²) in [5.41, 5.74) is 0.115. The Morgan fingerprint density at radius 2 is 2.00 bits per heavy atom. The van der Waals surface area contributed by atoms with Crippen molar-refractivity contribution in [1.29, 1.82) is 0 Å². The van der Waals surface area contributed by atoms with Gasteiger partial charge in [-0.05, 0) is 33.7 Å². The smallest absolute Gasteiger partial charge is 0.317 e. The summed E-state index contributed by atoms with van der Waals surface area (Å²) in [6.45, 7) is 5.75. The van der Waals surface area contributed by atoms with Crippen LogP contribution in [0.4, 0.5) is 0 Å². The van der Waals surface area contributed by atoms with Crippen LogP contribution in [0.1, 0.15) is 33.1 Å². The number of nitrogens with one attached hydrogen (secondary N) is 1. The maximum atomic E-state index is 11.7. The molecule has 1 atom stereocenters. The van der Waals surface area contributed by atoms with Gasteiger partial charge >= 0.3 is 5.69 Å². The topological polar surface area (TPSA) is 39.0 Å². The zero-order valence-corrected chi connectivity index (χ0v) is 10.6. The number of rotatable bonds is 7. The third-order valence-electron chi connectivity index (χ3n) is 3.04. The second-order valence-corrected chi connectivity index (χ2v) is 4.25. The Morgan fingerprint density at radius 1 is 1.31 bits per heavy atom. The summed E-state index contributed by atoms with van der Waals surface area (Å²) in [5, 5.41) is 3.22. The predicted molar refractivity (Wildman–Crippen MR) is 66.7 cm³/mol. The highest BCUT2D eigenvalue weighted by molar-refractivity contribution is 4.80. The van der Waals surface area contributed by atoms with Gasteiger partial charge < -0.3 is 5.32 Å². The van der Waals surface area contributed by atoms with E-state index in [1.54, 1.807) is 9.13 Å². The van der Waals surface area contributed by atoms with Gasteiger partial charge in [0.1, 0.15) is 0 Å². The highest BCUT2D eigenvalue weighted by atomic mass is 16.1. The van der Waals surface area contributed by atoms with Crippen LogP contribution in [0.15, 0.2) is 17.2 Å². The minimum Gasteiger partial charge on any atom is -0.317 e. The van der Waals surface area contributed by atoms with Crippen LogP contribution < -0.4 is 11.0 Å². The molecular formula is C12H23N3O. The van der Waals surface area contributed by atoms with E-state index in [0.29, 0.717) is 6.04 Å². The number of aryl methyl sites for hydroxylation is 2. The Hall–Kier alpha value is -1.03. The van der Waals surface area contributed by atoms with Gasteiger partial charge in [-0.3, -0.25) is 9.13 Å². The average Bonchev–Trinajstić information content (AvgIpc) is 2.65. The van der Waals surface area contributed by atoms with E-state index in [0.717, 1.165) is 25.9 Å². The summed E-state index contributed by atoms with van der Waals surface area (Å²) in [7, 11) is 1.98. The molecule has 0 spiro atoms. The molecule has 1 heterocycles. The van der Waals surface area contributed by atoms with Gasteiger partial charge in [-0.2, -0.15) is 0 Å². The average molecular weight is 225 g/mol. The fourth-order valence-electron chi connectivity index (χ4n) is 1.74. The number of unbranched alkanes of at least 4 members (excludes halogenated alkanes) is 1. The second kappa shape index (κ2) is 6.53. The lowest BCUT2D eigenvalue weighted by Gasteiger charge is -2.09. The molecule has 0 bridgehead atoms. The summed E-state index contributed by atoms with van der Waals surface area (Å²) >= 11 is 0. The van der Waals surface area contributed by atoms with Gasteiger partial charge in [0.15, 0.2) is 0 Å². The lowest BCUT2D eigenvalue weighted by molar-refractivity contribution is 0.498. The molecule has 1 N–H and O–H groups in total. The summed E-state index contributed by atoms with van der Waals surface area (Å²) < 4.78 is 3.53. The Morgan fingerprint density at radius 3 is 2.56 bits per heavy atom. The van der Waals surface area contributed by atoms with Crippen molar-refractivity contribution in [2.24, 2.45) is 0 Å². The van der Waals surface area contributed by atoms with Crippen LogP contribution >= 0.6 is 0 Å². The SMILES string of the molecule is CCn1ccn(CCCCC(C)NC)c1=O. The maximum absolute atomic E-state index is 11.7. The fraction of sp³-hybridized carbons (Fsp3) is 0.750. The fourth-order valence-corrected chi connectivity index (χ4v) is 1.74. The first-order valence-electron chi connectivity index (χ1n) is 6.11. The first kappa shape index (κ1) is 13.0. The zero-order chi connectivity index (χ0) is 12.0. The van der Waals surface area contributed by atoms with Gasteiger partial charge in [-0.15, -0.1) is 0 Å². The van der Waals surface area contributed by atoms with E-state index in [1.807, 2.05) is 26.4 Å². The lowest BCUT2D eigenvalue weighted by Crippen LogP contribution is -2.24. The van der Waals surface area contributed by atoms with Crippen molar-refractivity contribution in [2.75, 3.05) is 7.05 Å². The molecule has 1 aromatic rings. The van der Waals surface area contributed by atoms with Crippen LogP contribution in [0.3, 0.4) is 0 Å². The number of aromatic nitrogens is 2. The van der Waals surface area contributed by atoms with E-state index in [2.05, 4.69) is 12.2 Å². The van der Waals surface area contributed by atoms with E-state index in [-0.39, 0.29) is 5.69 Å². The van der Waals surface area contributed by atoms with Gasteiger partial charge in [-0.1, -0.05) is 6.42 Å². The number of imidazole rings is 1. The van der Waals surface area contributed by atoms with Gasteiger partial charge in [0.25, 0.3) is 0 Å². The third kappa shape index (κ3) is 3.52. The molecule has 0 saturated heterocycles. The predicted octanol–water partition coefficient (Wildman–Crippen LogP) is 1.45. The Labute approximate surface area is 97.3 Å². The van der Waals surface area contributed by atoms with Crippen LogP contribution in [0.5, 0.6) is 0 Å². The molecule has 0 amide bonds. The van der Waals surface area contributed by atoms with Crippen molar-refractivity contribution in [3.05, 3.63) is 22.9 Å². The molecule has 16 heavy (non-hydrogen) atoms. The summed E-state index contributed by atoms with van der Waals surface area (Å²) in [6, 6.07) is 0.567. The molecule has 1 unspecified atom stereocenters. The van der Waals surface area contributed by atoms with Gasteiger partial charge in [0.2, 0.25) is 0 Å². The number of hydrogen-bond donors (Lipinski definition) is 1. The molecule has 0 fully saturated rings. The lowest BCUT2D eigenvalue weighted by atomic mass is 10.1. The van der Waals surface area contributed by atoms with Crippen LogP contribution in [0.25, 0.3) is 0 Å². The van der Waals surface area contributed by atoms with Crippen molar-refractivity contribution in [2.45, 2.75) is 52.2 Å². The number of hydrogen-bond acceptors (Lipinski definition) is 2. The molecular weight excluding hydrogens is 202 g/mol. The minimum atomic E-state index is 0.115. The van der Waals surface area contributed by atoms with E-state index in [4.69, 9.17) is 0 Å². The van der Waals surface area contributed by atoms with Crippen LogP contribution in [-0.4, -0.2) is 22.2 Å². The second-order valence-electron chi connectivity index (χ2n) is 4.25. The molecule has 0 radical (unpaired) electrons. The monoisotopic (exact) mass is 225 g/mol.